The average molecular weight is 368 g/mol. The second kappa shape index (κ2) is 7.86. The molecule has 0 amide bonds. The van der Waals surface area contributed by atoms with Crippen LogP contribution >= 0.6 is 0 Å². The van der Waals surface area contributed by atoms with E-state index in [1.54, 1.807) is 36.4 Å². The number of para-hydroxylation sites is 1. The number of alkyl halides is 3. The lowest BCUT2D eigenvalue weighted by molar-refractivity contribution is -0.141. The van der Waals surface area contributed by atoms with Crippen LogP contribution in [0.2, 0.25) is 0 Å². The van der Waals surface area contributed by atoms with E-state index in [0.29, 0.717) is 5.69 Å². The van der Waals surface area contributed by atoms with Crippen molar-refractivity contribution in [3.63, 3.8) is 0 Å². The van der Waals surface area contributed by atoms with E-state index < -0.39 is 17.7 Å². The minimum absolute atomic E-state index is 0.0547. The van der Waals surface area contributed by atoms with Crippen LogP contribution in [0.1, 0.15) is 21.6 Å². The molecule has 6 heteroatoms. The topological polar surface area (TPSA) is 42.0 Å². The van der Waals surface area contributed by atoms with Crippen molar-refractivity contribution in [3.8, 4) is 0 Å². The van der Waals surface area contributed by atoms with Crippen LogP contribution in [0, 0.1) is 0 Å². The summed E-state index contributed by atoms with van der Waals surface area (Å²) < 4.78 is 39.1. The summed E-state index contributed by atoms with van der Waals surface area (Å²) in [5, 5.41) is 2.80. The van der Waals surface area contributed by atoms with Crippen molar-refractivity contribution in [3.05, 3.63) is 95.7 Å². The van der Waals surface area contributed by atoms with Crippen LogP contribution in [-0.4, -0.2) is 10.8 Å². The van der Waals surface area contributed by atoms with Crippen LogP contribution in [0.25, 0.3) is 6.08 Å². The molecule has 0 saturated heterocycles. The Morgan fingerprint density at radius 3 is 2.15 bits per heavy atom. The van der Waals surface area contributed by atoms with Gasteiger partial charge in [-0.2, -0.15) is 13.2 Å². The van der Waals surface area contributed by atoms with Gasteiger partial charge in [-0.05, 0) is 35.9 Å². The molecule has 3 rings (SSSR count). The second-order valence-electron chi connectivity index (χ2n) is 5.69. The number of carbonyl (C=O) groups excluding carboxylic acids is 1. The summed E-state index contributed by atoms with van der Waals surface area (Å²) in [6.07, 6.45) is -1.68. The van der Waals surface area contributed by atoms with Gasteiger partial charge in [-0.1, -0.05) is 54.6 Å². The fourth-order valence-electron chi connectivity index (χ4n) is 2.40. The van der Waals surface area contributed by atoms with Crippen LogP contribution in [0.15, 0.2) is 78.9 Å². The number of nitrogens with one attached hydrogen (secondary N) is 1. The van der Waals surface area contributed by atoms with E-state index in [1.807, 2.05) is 30.3 Å². The minimum atomic E-state index is -4.60. The van der Waals surface area contributed by atoms with Gasteiger partial charge in [0.1, 0.15) is 11.5 Å². The zero-order valence-electron chi connectivity index (χ0n) is 14.1. The van der Waals surface area contributed by atoms with Gasteiger partial charge in [0.15, 0.2) is 5.78 Å². The zero-order chi connectivity index (χ0) is 19.3. The number of allylic oxidation sites excluding steroid dienone is 1. The molecule has 3 aromatic rings. The Bertz CT molecular complexity index is 952. The number of anilines is 2. The summed E-state index contributed by atoms with van der Waals surface area (Å²) in [5.41, 5.74) is 0.331. The van der Waals surface area contributed by atoms with E-state index in [0.717, 1.165) is 17.7 Å². The third kappa shape index (κ3) is 4.82. The van der Waals surface area contributed by atoms with Gasteiger partial charge in [0.05, 0.1) is 5.56 Å². The molecule has 0 aliphatic carbocycles. The lowest BCUT2D eigenvalue weighted by atomic mass is 10.1. The molecule has 0 unspecified atom stereocenters. The van der Waals surface area contributed by atoms with Gasteiger partial charge in [-0.3, -0.25) is 4.79 Å². The third-order valence-electron chi connectivity index (χ3n) is 3.71. The fourth-order valence-corrected chi connectivity index (χ4v) is 2.40. The molecule has 0 aliphatic heterocycles. The first-order chi connectivity index (χ1) is 12.9. The predicted octanol–water partition coefficient (Wildman–Crippen LogP) is 5.74. The molecule has 0 aliphatic rings. The summed E-state index contributed by atoms with van der Waals surface area (Å²) in [4.78, 5) is 16.2. The van der Waals surface area contributed by atoms with Gasteiger partial charge in [0.2, 0.25) is 0 Å². The molecule has 136 valence electrons. The molecule has 2 aromatic carbocycles. The standard InChI is InChI=1S/C21H15F3N2O/c22-21(23,24)19-14-12-17(18(27)13-11-15-7-3-1-4-8-15)20(26-19)25-16-9-5-2-6-10-16/h1-14H,(H,25,26)/b13-11+. The number of nitrogens with zero attached hydrogens (tertiary/aromatic N) is 1. The van der Waals surface area contributed by atoms with E-state index in [2.05, 4.69) is 10.3 Å². The number of carbonyl (C=O) groups is 1. The maximum Gasteiger partial charge on any atom is 0.433 e. The first-order valence-corrected chi connectivity index (χ1v) is 8.11. The Morgan fingerprint density at radius 1 is 0.889 bits per heavy atom. The minimum Gasteiger partial charge on any atom is -0.340 e. The lowest BCUT2D eigenvalue weighted by Crippen LogP contribution is -2.12. The zero-order valence-corrected chi connectivity index (χ0v) is 14.1. The fraction of sp³-hybridized carbons (Fsp3) is 0.0476. The SMILES string of the molecule is O=C(/C=C/c1ccccc1)c1ccc(C(F)(F)F)nc1Nc1ccccc1. The molecule has 1 N–H and O–H groups in total. The van der Waals surface area contributed by atoms with Gasteiger partial charge in [0.25, 0.3) is 0 Å². The van der Waals surface area contributed by atoms with Crippen LogP contribution in [0.3, 0.4) is 0 Å². The molecule has 1 aromatic heterocycles. The molecule has 1 heterocycles. The number of halogens is 3. The molecule has 0 radical (unpaired) electrons. The van der Waals surface area contributed by atoms with Crippen molar-refractivity contribution in [2.45, 2.75) is 6.18 Å². The molecule has 0 spiro atoms. The van der Waals surface area contributed by atoms with Crippen LogP contribution in [-0.2, 0) is 6.18 Å². The number of hydrogen-bond acceptors (Lipinski definition) is 3. The Kier molecular flexibility index (Phi) is 5.35. The van der Waals surface area contributed by atoms with Crippen molar-refractivity contribution in [2.75, 3.05) is 5.32 Å². The van der Waals surface area contributed by atoms with Gasteiger partial charge in [-0.15, -0.1) is 0 Å². The largest absolute Gasteiger partial charge is 0.433 e. The highest BCUT2D eigenvalue weighted by Gasteiger charge is 2.33. The van der Waals surface area contributed by atoms with E-state index in [4.69, 9.17) is 0 Å². The number of rotatable bonds is 5. The van der Waals surface area contributed by atoms with E-state index >= 15 is 0 Å². The van der Waals surface area contributed by atoms with Crippen molar-refractivity contribution >= 4 is 23.4 Å². The molecule has 0 bridgehead atoms. The summed E-state index contributed by atoms with van der Waals surface area (Å²) in [6, 6.07) is 19.7. The maximum atomic E-state index is 13.0. The monoisotopic (exact) mass is 368 g/mol. The number of ketones is 1. The van der Waals surface area contributed by atoms with Gasteiger partial charge in [0, 0.05) is 5.69 Å². The van der Waals surface area contributed by atoms with E-state index in [1.165, 1.54) is 6.08 Å². The number of benzene rings is 2. The summed E-state index contributed by atoms with van der Waals surface area (Å²) >= 11 is 0. The number of pyridine rings is 1. The summed E-state index contributed by atoms with van der Waals surface area (Å²) in [5.74, 6) is -0.586. The highest BCUT2D eigenvalue weighted by Crippen LogP contribution is 2.30. The second-order valence-corrected chi connectivity index (χ2v) is 5.69. The molecule has 0 saturated carbocycles. The summed E-state index contributed by atoms with van der Waals surface area (Å²) in [6.45, 7) is 0. The Hall–Kier alpha value is -3.41. The normalized spacial score (nSPS) is 11.5. The third-order valence-corrected chi connectivity index (χ3v) is 3.71. The van der Waals surface area contributed by atoms with E-state index in [9.17, 15) is 18.0 Å². The lowest BCUT2D eigenvalue weighted by Gasteiger charge is -2.13. The van der Waals surface area contributed by atoms with Crippen LogP contribution in [0.5, 0.6) is 0 Å². The molecular formula is C21H15F3N2O. The Balaban J connectivity index is 1.95. The summed E-state index contributed by atoms with van der Waals surface area (Å²) in [7, 11) is 0. The van der Waals surface area contributed by atoms with Crippen molar-refractivity contribution in [1.82, 2.24) is 4.98 Å². The van der Waals surface area contributed by atoms with Crippen molar-refractivity contribution in [2.24, 2.45) is 0 Å². The van der Waals surface area contributed by atoms with Gasteiger partial charge in [-0.25, -0.2) is 4.98 Å². The smallest absolute Gasteiger partial charge is 0.340 e. The maximum absolute atomic E-state index is 13.0. The highest BCUT2D eigenvalue weighted by molar-refractivity contribution is 6.10. The predicted molar refractivity (Wildman–Crippen MR) is 98.8 cm³/mol. The number of hydrogen-bond donors (Lipinski definition) is 1. The Labute approximate surface area is 154 Å². The van der Waals surface area contributed by atoms with Crippen molar-refractivity contribution < 1.29 is 18.0 Å². The first kappa shape index (κ1) is 18.4. The highest BCUT2D eigenvalue weighted by atomic mass is 19.4. The molecule has 0 atom stereocenters. The van der Waals surface area contributed by atoms with Crippen molar-refractivity contribution in [1.29, 1.82) is 0 Å². The van der Waals surface area contributed by atoms with Gasteiger partial charge >= 0.3 is 6.18 Å². The molecular weight excluding hydrogens is 353 g/mol. The molecule has 27 heavy (non-hydrogen) atoms. The molecule has 3 nitrogen and oxygen atoms in total. The van der Waals surface area contributed by atoms with E-state index in [-0.39, 0.29) is 11.4 Å². The number of aromatic nitrogens is 1. The molecule has 0 fully saturated rings. The first-order valence-electron chi connectivity index (χ1n) is 8.11. The van der Waals surface area contributed by atoms with Gasteiger partial charge < -0.3 is 5.32 Å². The Morgan fingerprint density at radius 2 is 1.52 bits per heavy atom. The van der Waals surface area contributed by atoms with Crippen LogP contribution < -0.4 is 5.32 Å². The van der Waals surface area contributed by atoms with Crippen LogP contribution in [0.4, 0.5) is 24.7 Å². The quantitative estimate of drug-likeness (QED) is 0.461. The average Bonchev–Trinajstić information content (AvgIpc) is 2.67.